The molecule has 0 aliphatic rings. The SMILES string of the molecule is CC(C)C[C@H](NC(=O)CNC(=O)CNC(=O)[C@@H](NC(=O)[C@H](Cc1ccccc1)NC(=O)CNC(=O)[C@H](Cc1ccc(O)cc1)NC(=O)[C@H](CCCN=C(N)N)NC(=O)[C@H](CC(=O)O)NC(=O)[C@H](CC(C)C)NC(=O)CN)C(C)C)C(N)=O. The molecule has 0 aromatic heterocycles. The van der Waals surface area contributed by atoms with Gasteiger partial charge in [-0.15, -0.1) is 0 Å². The van der Waals surface area contributed by atoms with Crippen LogP contribution in [0.15, 0.2) is 59.6 Å². The summed E-state index contributed by atoms with van der Waals surface area (Å²) >= 11 is 0. The number of rotatable bonds is 36. The van der Waals surface area contributed by atoms with E-state index < -0.39 is 152 Å². The van der Waals surface area contributed by atoms with Gasteiger partial charge in [-0.2, -0.15) is 0 Å². The summed E-state index contributed by atoms with van der Waals surface area (Å²) in [4.78, 5) is 162. The van der Waals surface area contributed by atoms with E-state index in [4.69, 9.17) is 22.9 Å². The van der Waals surface area contributed by atoms with Crippen molar-refractivity contribution in [2.24, 2.45) is 45.7 Å². The molecule has 82 heavy (non-hydrogen) atoms. The number of carbonyl (C=O) groups excluding carboxylic acids is 11. The zero-order valence-corrected chi connectivity index (χ0v) is 47.0. The number of carboxylic acid groups (broad SMARTS) is 1. The summed E-state index contributed by atoms with van der Waals surface area (Å²) in [5.41, 5.74) is 22.7. The van der Waals surface area contributed by atoms with E-state index in [-0.39, 0.29) is 68.6 Å². The second-order valence-electron chi connectivity index (χ2n) is 20.5. The minimum Gasteiger partial charge on any atom is -0.508 e. The summed E-state index contributed by atoms with van der Waals surface area (Å²) in [6.07, 6.45) is -1.13. The number of nitrogens with one attached hydrogen (secondary N) is 10. The van der Waals surface area contributed by atoms with E-state index in [0.717, 1.165) is 0 Å². The van der Waals surface area contributed by atoms with Gasteiger partial charge in [-0.25, -0.2) is 0 Å². The van der Waals surface area contributed by atoms with Gasteiger partial charge in [0.25, 0.3) is 0 Å². The number of carbonyl (C=O) groups is 12. The molecule has 452 valence electrons. The largest absolute Gasteiger partial charge is 0.508 e. The third kappa shape index (κ3) is 27.3. The van der Waals surface area contributed by atoms with E-state index in [9.17, 15) is 67.7 Å². The highest BCUT2D eigenvalue weighted by Crippen LogP contribution is 2.14. The second kappa shape index (κ2) is 35.7. The summed E-state index contributed by atoms with van der Waals surface area (Å²) in [7, 11) is 0. The molecule has 29 heteroatoms. The molecule has 2 rings (SSSR count). The number of benzene rings is 2. The van der Waals surface area contributed by atoms with Gasteiger partial charge in [0.1, 0.15) is 48.0 Å². The molecule has 11 amide bonds. The first kappa shape index (κ1) is 69.2. The van der Waals surface area contributed by atoms with Crippen LogP contribution >= 0.6 is 0 Å². The maximum Gasteiger partial charge on any atom is 0.305 e. The number of carboxylic acids is 1. The minimum absolute atomic E-state index is 0.0332. The van der Waals surface area contributed by atoms with Gasteiger partial charge in [-0.3, -0.25) is 62.5 Å². The quantitative estimate of drug-likeness (QED) is 0.0174. The van der Waals surface area contributed by atoms with Crippen LogP contribution in [0.1, 0.15) is 84.8 Å². The van der Waals surface area contributed by atoms with Crippen molar-refractivity contribution >= 4 is 76.9 Å². The van der Waals surface area contributed by atoms with Crippen molar-refractivity contribution in [3.63, 3.8) is 0 Å². The summed E-state index contributed by atoms with van der Waals surface area (Å²) in [6, 6.07) is 4.39. The number of hydrogen-bond acceptors (Lipinski definition) is 15. The van der Waals surface area contributed by atoms with E-state index in [1.807, 2.05) is 13.8 Å². The number of primary amides is 1. The molecule has 29 nitrogen and oxygen atoms in total. The number of phenols is 1. The maximum absolute atomic E-state index is 14.2. The first-order chi connectivity index (χ1) is 38.6. The Kier molecular flexibility index (Phi) is 30.1. The van der Waals surface area contributed by atoms with E-state index in [0.29, 0.717) is 11.1 Å². The molecule has 0 radical (unpaired) electrons. The number of phenolic OH excluding ortho intramolecular Hbond substituents is 1. The van der Waals surface area contributed by atoms with Crippen LogP contribution < -0.4 is 76.1 Å². The van der Waals surface area contributed by atoms with Gasteiger partial charge in [-0.1, -0.05) is 84.0 Å². The fourth-order valence-electron chi connectivity index (χ4n) is 7.87. The van der Waals surface area contributed by atoms with E-state index in [1.165, 1.54) is 24.3 Å². The van der Waals surface area contributed by atoms with Crippen LogP contribution in [-0.4, -0.2) is 162 Å². The predicted molar refractivity (Wildman–Crippen MR) is 299 cm³/mol. The smallest absolute Gasteiger partial charge is 0.305 e. The molecule has 0 fully saturated rings. The molecule has 0 aliphatic carbocycles. The maximum atomic E-state index is 14.2. The molecule has 0 saturated carbocycles. The first-order valence-electron chi connectivity index (χ1n) is 26.6. The molecule has 0 aliphatic heterocycles. The van der Waals surface area contributed by atoms with Crippen LogP contribution in [0.4, 0.5) is 0 Å². The molecule has 2 aromatic carbocycles. The fraction of sp³-hybridized carbons (Fsp3) is 0.528. The lowest BCUT2D eigenvalue weighted by molar-refractivity contribution is -0.141. The molecule has 0 saturated heterocycles. The molecule has 20 N–H and O–H groups in total. The lowest BCUT2D eigenvalue weighted by atomic mass is 10.0. The zero-order chi connectivity index (χ0) is 61.6. The monoisotopic (exact) mass is 1150 g/mol. The van der Waals surface area contributed by atoms with Gasteiger partial charge < -0.3 is 86.3 Å². The third-order valence-electron chi connectivity index (χ3n) is 12.0. The fourth-order valence-corrected chi connectivity index (χ4v) is 7.87. The minimum atomic E-state index is -1.79. The average Bonchev–Trinajstić information content (AvgIpc) is 3.44. The van der Waals surface area contributed by atoms with Crippen molar-refractivity contribution in [3.8, 4) is 5.75 Å². The van der Waals surface area contributed by atoms with Gasteiger partial charge in [0.15, 0.2) is 5.96 Å². The van der Waals surface area contributed by atoms with Crippen LogP contribution in [0.5, 0.6) is 5.75 Å². The van der Waals surface area contributed by atoms with Gasteiger partial charge >= 0.3 is 5.97 Å². The Bertz CT molecular complexity index is 2540. The number of hydrogen-bond donors (Lipinski definition) is 16. The summed E-state index contributed by atoms with van der Waals surface area (Å²) in [6.45, 7) is 8.00. The molecule has 2 aromatic rings. The molecule has 0 bridgehead atoms. The normalized spacial score (nSPS) is 13.5. The Balaban J connectivity index is 2.36. The Hall–Kier alpha value is -8.89. The number of guanidine groups is 1. The number of nitrogens with zero attached hydrogens (tertiary/aromatic N) is 1. The molecular weight excluding hydrogens is 1070 g/mol. The topological polar surface area (TPSA) is 482 Å². The zero-order valence-electron chi connectivity index (χ0n) is 47.0. The van der Waals surface area contributed by atoms with Crippen LogP contribution in [0.25, 0.3) is 0 Å². The van der Waals surface area contributed by atoms with Crippen molar-refractivity contribution in [1.29, 1.82) is 0 Å². The summed E-state index contributed by atoms with van der Waals surface area (Å²) < 4.78 is 0. The predicted octanol–water partition coefficient (Wildman–Crippen LogP) is -4.36. The Morgan fingerprint density at radius 3 is 1.51 bits per heavy atom. The van der Waals surface area contributed by atoms with Crippen LogP contribution in [-0.2, 0) is 70.4 Å². The summed E-state index contributed by atoms with van der Waals surface area (Å²) in [5.74, 6) is -12.0. The van der Waals surface area contributed by atoms with Crippen LogP contribution in [0.2, 0.25) is 0 Å². The molecular formula is C53H81N15O14. The number of nitrogens with two attached hydrogens (primary N) is 4. The van der Waals surface area contributed by atoms with Crippen LogP contribution in [0, 0.1) is 17.8 Å². The van der Waals surface area contributed by atoms with Crippen molar-refractivity contribution in [3.05, 3.63) is 65.7 Å². The van der Waals surface area contributed by atoms with Crippen molar-refractivity contribution in [1.82, 2.24) is 53.2 Å². The third-order valence-corrected chi connectivity index (χ3v) is 12.0. The first-order valence-corrected chi connectivity index (χ1v) is 26.6. The van der Waals surface area contributed by atoms with E-state index in [2.05, 4.69) is 58.2 Å². The Morgan fingerprint density at radius 1 is 0.500 bits per heavy atom. The van der Waals surface area contributed by atoms with E-state index in [1.54, 1.807) is 58.0 Å². The Morgan fingerprint density at radius 2 is 0.963 bits per heavy atom. The van der Waals surface area contributed by atoms with Gasteiger partial charge in [0.2, 0.25) is 65.0 Å². The molecule has 0 unspecified atom stereocenters. The molecule has 0 heterocycles. The Labute approximate surface area is 475 Å². The number of aromatic hydroxyl groups is 1. The highest BCUT2D eigenvalue weighted by molar-refractivity contribution is 5.98. The molecule has 0 spiro atoms. The van der Waals surface area contributed by atoms with Gasteiger partial charge in [0, 0.05) is 19.4 Å². The lowest BCUT2D eigenvalue weighted by Gasteiger charge is -2.27. The molecule has 7 atom stereocenters. The number of aliphatic carboxylic acids is 1. The van der Waals surface area contributed by atoms with Crippen LogP contribution in [0.3, 0.4) is 0 Å². The van der Waals surface area contributed by atoms with Crippen molar-refractivity contribution in [2.75, 3.05) is 32.7 Å². The highest BCUT2D eigenvalue weighted by atomic mass is 16.4. The van der Waals surface area contributed by atoms with Gasteiger partial charge in [-0.05, 0) is 66.7 Å². The van der Waals surface area contributed by atoms with Crippen molar-refractivity contribution < 1.29 is 67.7 Å². The number of aliphatic imine (C=N–C) groups is 1. The highest BCUT2D eigenvalue weighted by Gasteiger charge is 2.34. The standard InChI is InChI=1S/C53H81N15O14/c1-28(2)19-35(46(55)76)62-42(72)26-59-41(71)25-61-52(82)45(30(5)6)68-51(81)38(21-31-11-8-7-9-12-31)64-43(73)27-60-47(77)37(22-32-14-16-33(69)17-15-32)66-48(78)34(13-10-18-58-53(56)57)65-50(80)39(23-44(74)75)67-49(79)36(20-29(3)4)63-40(70)24-54/h7-9,11-12,14-17,28-30,34-39,45,69H,10,13,18-27,54H2,1-6H3,(H2,55,76)(H,59,71)(H,60,77)(H,61,82)(H,62,72)(H,63,70)(H,64,73)(H,65,80)(H,66,78)(H,67,79)(H,68,81)(H,74,75)(H4,56,57,58)/t34-,35-,36-,37-,38-,39-,45-/m0/s1. The van der Waals surface area contributed by atoms with E-state index >= 15 is 0 Å². The van der Waals surface area contributed by atoms with Gasteiger partial charge in [0.05, 0.1) is 32.6 Å². The summed E-state index contributed by atoms with van der Waals surface area (Å²) in [5, 5.41) is 44.3. The number of amides is 11. The average molecular weight is 1150 g/mol. The lowest BCUT2D eigenvalue weighted by Crippen LogP contribution is -2.59. The van der Waals surface area contributed by atoms with Crippen molar-refractivity contribution in [2.45, 2.75) is 129 Å². The second-order valence-corrected chi connectivity index (χ2v) is 20.5.